The normalized spacial score (nSPS) is 14.3. The van der Waals surface area contributed by atoms with E-state index < -0.39 is 10.0 Å². The first-order valence-electron chi connectivity index (χ1n) is 10.3. The molecule has 1 aliphatic rings. The fourth-order valence-corrected chi connectivity index (χ4v) is 4.06. The van der Waals surface area contributed by atoms with E-state index in [9.17, 15) is 8.42 Å². The van der Waals surface area contributed by atoms with Gasteiger partial charge in [0.25, 0.3) is 16.0 Å². The summed E-state index contributed by atoms with van der Waals surface area (Å²) in [6.07, 6.45) is 4.63. The largest absolute Gasteiger partial charge is 0.394 e. The van der Waals surface area contributed by atoms with Crippen LogP contribution in [0.25, 0.3) is 16.9 Å². The van der Waals surface area contributed by atoms with Gasteiger partial charge < -0.3 is 10.8 Å². The Bertz CT molecular complexity index is 1350. The van der Waals surface area contributed by atoms with Gasteiger partial charge in [-0.2, -0.15) is 9.97 Å². The fourth-order valence-electron chi connectivity index (χ4n) is 3.52. The Labute approximate surface area is 190 Å². The SMILES string of the molecule is C=CS(=O)(=O)Nc1cccc(-n2cnc3c(N)nc(N=C4CCC(=NCCO)CC4)nc32)c1. The van der Waals surface area contributed by atoms with Crippen molar-refractivity contribution in [1.82, 2.24) is 19.5 Å². The molecule has 3 aromatic rings. The molecule has 2 heterocycles. The molecule has 1 aliphatic carbocycles. The molecule has 1 saturated carbocycles. The molecule has 11 nitrogen and oxygen atoms in total. The summed E-state index contributed by atoms with van der Waals surface area (Å²) in [6.45, 7) is 3.78. The fraction of sp³-hybridized carbons (Fsp3) is 0.286. The molecule has 0 atom stereocenters. The van der Waals surface area contributed by atoms with Gasteiger partial charge in [0.05, 0.1) is 24.5 Å². The van der Waals surface area contributed by atoms with Crippen LogP contribution in [0, 0.1) is 0 Å². The van der Waals surface area contributed by atoms with Crippen molar-refractivity contribution in [3.63, 3.8) is 0 Å². The first kappa shape index (κ1) is 22.6. The van der Waals surface area contributed by atoms with Gasteiger partial charge in [-0.15, -0.1) is 0 Å². The van der Waals surface area contributed by atoms with Crippen molar-refractivity contribution in [2.24, 2.45) is 9.98 Å². The number of nitrogen functional groups attached to an aromatic ring is 1. The van der Waals surface area contributed by atoms with E-state index in [1.165, 1.54) is 0 Å². The van der Waals surface area contributed by atoms with Crippen LogP contribution in [0.3, 0.4) is 0 Å². The number of anilines is 2. The molecule has 0 spiro atoms. The summed E-state index contributed by atoms with van der Waals surface area (Å²) in [4.78, 5) is 22.1. The lowest BCUT2D eigenvalue weighted by atomic mass is 9.96. The van der Waals surface area contributed by atoms with E-state index in [-0.39, 0.29) is 18.4 Å². The van der Waals surface area contributed by atoms with Crippen molar-refractivity contribution in [1.29, 1.82) is 0 Å². The number of hydrogen-bond acceptors (Lipinski definition) is 9. The molecule has 1 fully saturated rings. The van der Waals surface area contributed by atoms with Gasteiger partial charge in [0.2, 0.25) is 0 Å². The van der Waals surface area contributed by atoms with Crippen molar-refractivity contribution in [2.45, 2.75) is 25.7 Å². The zero-order valence-corrected chi connectivity index (χ0v) is 18.7. The van der Waals surface area contributed by atoms with Gasteiger partial charge in [-0.3, -0.25) is 14.3 Å². The maximum Gasteiger partial charge on any atom is 0.254 e. The maximum absolute atomic E-state index is 11.8. The van der Waals surface area contributed by atoms with Gasteiger partial charge in [-0.1, -0.05) is 12.6 Å². The topological polar surface area (TPSA) is 161 Å². The number of fused-ring (bicyclic) bond motifs is 1. The quantitative estimate of drug-likeness (QED) is 0.479. The molecule has 1 aromatic carbocycles. The highest BCUT2D eigenvalue weighted by molar-refractivity contribution is 7.95. The second-order valence-electron chi connectivity index (χ2n) is 7.41. The van der Waals surface area contributed by atoms with Crippen LogP contribution in [0.5, 0.6) is 0 Å². The van der Waals surface area contributed by atoms with Gasteiger partial charge in [-0.05, 0) is 43.9 Å². The summed E-state index contributed by atoms with van der Waals surface area (Å²) >= 11 is 0. The predicted octanol–water partition coefficient (Wildman–Crippen LogP) is 2.36. The van der Waals surface area contributed by atoms with Crippen LogP contribution in [-0.4, -0.2) is 57.6 Å². The summed E-state index contributed by atoms with van der Waals surface area (Å²) in [7, 11) is -3.63. The minimum atomic E-state index is -3.63. The average molecular weight is 469 g/mol. The van der Waals surface area contributed by atoms with Crippen LogP contribution in [0.4, 0.5) is 17.5 Å². The summed E-state index contributed by atoms with van der Waals surface area (Å²) in [5, 5.41) is 9.76. The van der Waals surface area contributed by atoms with Gasteiger partial charge in [0, 0.05) is 16.8 Å². The monoisotopic (exact) mass is 468 g/mol. The lowest BCUT2D eigenvalue weighted by Gasteiger charge is -2.15. The molecular weight excluding hydrogens is 444 g/mol. The summed E-state index contributed by atoms with van der Waals surface area (Å²) < 4.78 is 27.7. The van der Waals surface area contributed by atoms with Crippen LogP contribution >= 0.6 is 0 Å². The minimum Gasteiger partial charge on any atom is -0.394 e. The molecule has 0 amide bonds. The lowest BCUT2D eigenvalue weighted by Crippen LogP contribution is -2.14. The Morgan fingerprint density at radius 3 is 2.70 bits per heavy atom. The van der Waals surface area contributed by atoms with E-state index in [1.54, 1.807) is 35.2 Å². The van der Waals surface area contributed by atoms with Crippen LogP contribution in [0.1, 0.15) is 25.7 Å². The van der Waals surface area contributed by atoms with Crippen LogP contribution in [0.15, 0.2) is 52.6 Å². The summed E-state index contributed by atoms with van der Waals surface area (Å²) in [6, 6.07) is 6.79. The number of nitrogens with one attached hydrogen (secondary N) is 1. The smallest absolute Gasteiger partial charge is 0.254 e. The molecule has 0 bridgehead atoms. The van der Waals surface area contributed by atoms with E-state index in [0.29, 0.717) is 29.1 Å². The number of nitrogens with two attached hydrogens (primary N) is 1. The molecule has 12 heteroatoms. The highest BCUT2D eigenvalue weighted by Gasteiger charge is 2.16. The highest BCUT2D eigenvalue weighted by atomic mass is 32.2. The molecular formula is C21H24N8O3S. The van der Waals surface area contributed by atoms with E-state index in [4.69, 9.17) is 10.8 Å². The molecule has 2 aromatic heterocycles. The molecule has 33 heavy (non-hydrogen) atoms. The number of aliphatic hydroxyl groups is 1. The van der Waals surface area contributed by atoms with Crippen LogP contribution in [0.2, 0.25) is 0 Å². The zero-order chi connectivity index (χ0) is 23.4. The highest BCUT2D eigenvalue weighted by Crippen LogP contribution is 2.25. The number of rotatable bonds is 7. The second-order valence-corrected chi connectivity index (χ2v) is 9.04. The third-order valence-electron chi connectivity index (χ3n) is 5.11. The van der Waals surface area contributed by atoms with Gasteiger partial charge in [0.1, 0.15) is 6.33 Å². The molecule has 4 N–H and O–H groups in total. The van der Waals surface area contributed by atoms with E-state index in [0.717, 1.165) is 42.5 Å². The summed E-state index contributed by atoms with van der Waals surface area (Å²) in [5.74, 6) is 0.457. The number of imidazole rings is 1. The first-order chi connectivity index (χ1) is 15.9. The number of aliphatic imine (C=N–C) groups is 2. The predicted molar refractivity (Wildman–Crippen MR) is 129 cm³/mol. The van der Waals surface area contributed by atoms with Crippen molar-refractivity contribution < 1.29 is 13.5 Å². The minimum absolute atomic E-state index is 0.0499. The Hall–Kier alpha value is -3.64. The van der Waals surface area contributed by atoms with Crippen molar-refractivity contribution in [3.8, 4) is 5.69 Å². The number of hydrogen-bond donors (Lipinski definition) is 3. The number of benzene rings is 1. The van der Waals surface area contributed by atoms with Gasteiger partial charge in [-0.25, -0.2) is 18.4 Å². The van der Waals surface area contributed by atoms with Crippen molar-refractivity contribution >= 4 is 50.1 Å². The van der Waals surface area contributed by atoms with Crippen LogP contribution in [-0.2, 0) is 10.0 Å². The van der Waals surface area contributed by atoms with E-state index in [1.807, 2.05) is 0 Å². The zero-order valence-electron chi connectivity index (χ0n) is 17.8. The summed E-state index contributed by atoms with van der Waals surface area (Å²) in [5.41, 5.74) is 10.1. The number of sulfonamides is 1. The van der Waals surface area contributed by atoms with Crippen molar-refractivity contribution in [2.75, 3.05) is 23.6 Å². The molecule has 0 aliphatic heterocycles. The molecule has 0 saturated heterocycles. The maximum atomic E-state index is 11.8. The molecule has 4 rings (SSSR count). The third kappa shape index (κ3) is 5.23. The Morgan fingerprint density at radius 2 is 1.97 bits per heavy atom. The Balaban J connectivity index is 1.65. The van der Waals surface area contributed by atoms with Crippen LogP contribution < -0.4 is 10.5 Å². The molecule has 0 radical (unpaired) electrons. The van der Waals surface area contributed by atoms with Gasteiger partial charge >= 0.3 is 0 Å². The number of aliphatic hydroxyl groups excluding tert-OH is 1. The second kappa shape index (κ2) is 9.46. The van der Waals surface area contributed by atoms with Gasteiger partial charge in [0.15, 0.2) is 17.0 Å². The average Bonchev–Trinajstić information content (AvgIpc) is 3.23. The molecule has 0 unspecified atom stereocenters. The number of aromatic nitrogens is 4. The van der Waals surface area contributed by atoms with E-state index >= 15 is 0 Å². The van der Waals surface area contributed by atoms with E-state index in [2.05, 4.69) is 36.2 Å². The number of nitrogens with zero attached hydrogens (tertiary/aromatic N) is 6. The first-order valence-corrected chi connectivity index (χ1v) is 11.9. The Morgan fingerprint density at radius 1 is 1.21 bits per heavy atom. The lowest BCUT2D eigenvalue weighted by molar-refractivity contribution is 0.306. The standard InChI is InChI=1S/C21H24N8O3S/c1-2-33(31,32)28-16-4-3-5-17(12-16)29-13-24-18-19(22)26-21(27-20(18)29)25-15-8-6-14(7-9-15)23-10-11-30/h2-5,12-13,28,30H,1,6-11H2,(H2,22,26,27). The van der Waals surface area contributed by atoms with Crippen molar-refractivity contribution in [3.05, 3.63) is 42.6 Å². The third-order valence-corrected chi connectivity index (χ3v) is 6.07. The Kier molecular flexibility index (Phi) is 6.47. The molecule has 172 valence electrons.